The Labute approximate surface area is 264 Å². The fourth-order valence-electron chi connectivity index (χ4n) is 7.39. The van der Waals surface area contributed by atoms with Gasteiger partial charge in [-0.1, -0.05) is 55.5 Å². The number of aromatic nitrogens is 4. The van der Waals surface area contributed by atoms with Gasteiger partial charge in [0.2, 0.25) is 0 Å². The average molecular weight is 604 g/mol. The van der Waals surface area contributed by atoms with Crippen molar-refractivity contribution in [3.63, 3.8) is 0 Å². The molecule has 0 bridgehead atoms. The number of hydrogen-bond acceptors (Lipinski definition) is 5. The molecule has 8 rings (SSSR count). The van der Waals surface area contributed by atoms with E-state index < -0.39 is 0 Å². The standard InChI is InChI=1S/C36H41N7O2/c1-22-17-19-42(35(44)36(45)43(27-13-14-27)28-15-16-28)32(22)34-38-21-30(40-34)26-11-7-24(8-12-26)23-5-9-25(10-6-23)29-20-37-33(39-29)31-4-3-18-41(31)2/h5-12,20-22,27-28,31-32H,3-4,13-19H2,1-2H3,(H,37,39)(H,38,40)/t22?,31-,32?/m0/s1. The van der Waals surface area contributed by atoms with Crippen LogP contribution in [0.2, 0.25) is 0 Å². The molecule has 2 N–H and O–H groups in total. The van der Waals surface area contributed by atoms with Gasteiger partial charge in [0.05, 0.1) is 35.9 Å². The summed E-state index contributed by atoms with van der Waals surface area (Å²) < 4.78 is 0. The van der Waals surface area contributed by atoms with Crippen LogP contribution in [0, 0.1) is 5.92 Å². The lowest BCUT2D eigenvalue weighted by atomic mass is 10.0. The van der Waals surface area contributed by atoms with E-state index >= 15 is 0 Å². The van der Waals surface area contributed by atoms with Crippen molar-refractivity contribution in [1.29, 1.82) is 0 Å². The van der Waals surface area contributed by atoms with Gasteiger partial charge in [-0.3, -0.25) is 14.5 Å². The number of likely N-dealkylation sites (tertiary alicyclic amines) is 2. The van der Waals surface area contributed by atoms with Crippen LogP contribution >= 0.6 is 0 Å². The van der Waals surface area contributed by atoms with Crippen molar-refractivity contribution in [3.05, 3.63) is 72.6 Å². The molecule has 232 valence electrons. The lowest BCUT2D eigenvalue weighted by Gasteiger charge is -2.28. The SMILES string of the molecule is CC1CCN(C(=O)C(=O)N(C2CC2)C2CC2)C1c1ncc(-c2ccc(-c3ccc(-c4cnc([C@@H]5CCCN5C)[nH]4)cc3)cc2)[nH]1. The highest BCUT2D eigenvalue weighted by Gasteiger charge is 2.47. The van der Waals surface area contributed by atoms with Crippen LogP contribution in [0.15, 0.2) is 60.9 Å². The first-order chi connectivity index (χ1) is 21.9. The summed E-state index contributed by atoms with van der Waals surface area (Å²) in [6.07, 6.45) is 11.1. The maximum atomic E-state index is 13.5. The molecule has 0 radical (unpaired) electrons. The van der Waals surface area contributed by atoms with Crippen molar-refractivity contribution in [2.75, 3.05) is 20.1 Å². The molecule has 2 aliphatic carbocycles. The monoisotopic (exact) mass is 603 g/mol. The van der Waals surface area contributed by atoms with E-state index in [1.54, 1.807) is 4.90 Å². The maximum Gasteiger partial charge on any atom is 0.312 e. The summed E-state index contributed by atoms with van der Waals surface area (Å²) in [6.45, 7) is 3.85. The highest BCUT2D eigenvalue weighted by molar-refractivity contribution is 6.35. The number of rotatable bonds is 7. The third kappa shape index (κ3) is 5.37. The second-order valence-electron chi connectivity index (χ2n) is 13.5. The first-order valence-electron chi connectivity index (χ1n) is 16.6. The highest BCUT2D eigenvalue weighted by atomic mass is 16.2. The number of benzene rings is 2. The molecule has 4 heterocycles. The molecule has 45 heavy (non-hydrogen) atoms. The van der Waals surface area contributed by atoms with Gasteiger partial charge in [-0.25, -0.2) is 9.97 Å². The van der Waals surface area contributed by atoms with Gasteiger partial charge >= 0.3 is 11.8 Å². The van der Waals surface area contributed by atoms with Crippen LogP contribution in [0.25, 0.3) is 33.6 Å². The summed E-state index contributed by atoms with van der Waals surface area (Å²) >= 11 is 0. The van der Waals surface area contributed by atoms with Crippen molar-refractivity contribution >= 4 is 11.8 Å². The van der Waals surface area contributed by atoms with Crippen molar-refractivity contribution in [3.8, 4) is 33.6 Å². The first kappa shape index (κ1) is 28.2. The number of imidazole rings is 2. The number of aromatic amines is 2. The van der Waals surface area contributed by atoms with E-state index in [0.29, 0.717) is 12.6 Å². The van der Waals surface area contributed by atoms with E-state index in [-0.39, 0.29) is 35.9 Å². The van der Waals surface area contributed by atoms with E-state index in [1.165, 1.54) is 6.42 Å². The fraction of sp³-hybridized carbons (Fsp3) is 0.444. The van der Waals surface area contributed by atoms with Crippen molar-refractivity contribution in [1.82, 2.24) is 34.6 Å². The number of H-pyrrole nitrogens is 2. The molecule has 2 unspecified atom stereocenters. The first-order valence-corrected chi connectivity index (χ1v) is 16.6. The zero-order valence-electron chi connectivity index (χ0n) is 26.1. The topological polar surface area (TPSA) is 101 Å². The average Bonchev–Trinajstić information content (AvgIpc) is 3.84. The molecule has 2 aromatic heterocycles. The fourth-order valence-corrected chi connectivity index (χ4v) is 7.39. The van der Waals surface area contributed by atoms with E-state index in [2.05, 4.69) is 82.4 Å². The number of carbonyl (C=O) groups excluding carboxylic acids is 2. The smallest absolute Gasteiger partial charge is 0.312 e. The Morgan fingerprint density at radius 2 is 1.27 bits per heavy atom. The number of nitrogens with zero attached hydrogens (tertiary/aromatic N) is 5. The highest BCUT2D eigenvalue weighted by Crippen LogP contribution is 2.40. The summed E-state index contributed by atoms with van der Waals surface area (Å²) in [4.78, 5) is 49.2. The molecule has 2 saturated carbocycles. The van der Waals surface area contributed by atoms with Gasteiger partial charge in [0.15, 0.2) is 0 Å². The summed E-state index contributed by atoms with van der Waals surface area (Å²) in [7, 11) is 2.17. The van der Waals surface area contributed by atoms with Crippen molar-refractivity contribution in [2.45, 2.75) is 76.0 Å². The minimum atomic E-state index is -0.370. The summed E-state index contributed by atoms with van der Waals surface area (Å²) in [5.74, 6) is 1.34. The van der Waals surface area contributed by atoms with Gasteiger partial charge in [0.1, 0.15) is 11.6 Å². The van der Waals surface area contributed by atoms with Crippen LogP contribution in [0.3, 0.4) is 0 Å². The van der Waals surface area contributed by atoms with Crippen LogP contribution in [0.1, 0.15) is 75.6 Å². The largest absolute Gasteiger partial charge is 0.341 e. The molecule has 9 heteroatoms. The Bertz CT molecular complexity index is 1690. The zero-order chi connectivity index (χ0) is 30.7. The number of hydrogen-bond donors (Lipinski definition) is 2. The molecule has 4 fully saturated rings. The number of carbonyl (C=O) groups is 2. The van der Waals surface area contributed by atoms with Crippen LogP contribution in [0.4, 0.5) is 0 Å². The number of nitrogens with one attached hydrogen (secondary N) is 2. The van der Waals surface area contributed by atoms with Crippen molar-refractivity contribution in [2.24, 2.45) is 5.92 Å². The molecule has 2 saturated heterocycles. The summed E-state index contributed by atoms with van der Waals surface area (Å²) in [5.41, 5.74) is 6.40. The van der Waals surface area contributed by atoms with E-state index in [4.69, 9.17) is 4.98 Å². The summed E-state index contributed by atoms with van der Waals surface area (Å²) in [6, 6.07) is 17.8. The van der Waals surface area contributed by atoms with Crippen LogP contribution in [-0.4, -0.2) is 78.7 Å². The van der Waals surface area contributed by atoms with Crippen LogP contribution in [-0.2, 0) is 9.59 Å². The molecule has 4 aliphatic rings. The Balaban J connectivity index is 0.954. The molecular weight excluding hydrogens is 562 g/mol. The molecule has 4 aromatic rings. The van der Waals surface area contributed by atoms with E-state index in [1.807, 2.05) is 17.3 Å². The molecule has 2 aromatic carbocycles. The zero-order valence-corrected chi connectivity index (χ0v) is 26.1. The Kier molecular flexibility index (Phi) is 7.08. The Morgan fingerprint density at radius 1 is 0.733 bits per heavy atom. The Hall–Kier alpha value is -4.24. The molecular formula is C36H41N7O2. The molecule has 0 spiro atoms. The maximum absolute atomic E-state index is 13.5. The lowest BCUT2D eigenvalue weighted by Crippen LogP contribution is -2.47. The van der Waals surface area contributed by atoms with E-state index in [0.717, 1.165) is 90.4 Å². The van der Waals surface area contributed by atoms with E-state index in [9.17, 15) is 9.59 Å². The quantitative estimate of drug-likeness (QED) is 0.254. The van der Waals surface area contributed by atoms with Gasteiger partial charge in [0, 0.05) is 18.6 Å². The van der Waals surface area contributed by atoms with Crippen molar-refractivity contribution < 1.29 is 9.59 Å². The minimum absolute atomic E-state index is 0.221. The van der Waals surface area contributed by atoms with Gasteiger partial charge in [-0.15, -0.1) is 0 Å². The third-order valence-electron chi connectivity index (χ3n) is 10.3. The van der Waals surface area contributed by atoms with Gasteiger partial charge in [0.25, 0.3) is 0 Å². The summed E-state index contributed by atoms with van der Waals surface area (Å²) in [5, 5.41) is 0. The molecule has 3 atom stereocenters. The second kappa shape index (κ2) is 11.3. The van der Waals surface area contributed by atoms with Gasteiger partial charge < -0.3 is 19.8 Å². The predicted octanol–water partition coefficient (Wildman–Crippen LogP) is 5.96. The normalized spacial score (nSPS) is 23.5. The minimum Gasteiger partial charge on any atom is -0.341 e. The Morgan fingerprint density at radius 3 is 1.80 bits per heavy atom. The second-order valence-corrected chi connectivity index (χ2v) is 13.5. The molecule has 2 aliphatic heterocycles. The molecule has 2 amide bonds. The third-order valence-corrected chi connectivity index (χ3v) is 10.3. The van der Waals surface area contributed by atoms with Crippen LogP contribution < -0.4 is 0 Å². The van der Waals surface area contributed by atoms with Crippen LogP contribution in [0.5, 0.6) is 0 Å². The predicted molar refractivity (Wildman–Crippen MR) is 173 cm³/mol. The lowest BCUT2D eigenvalue weighted by molar-refractivity contribution is -0.153. The number of amides is 2. The van der Waals surface area contributed by atoms with Gasteiger partial charge in [-0.2, -0.15) is 0 Å². The van der Waals surface area contributed by atoms with Gasteiger partial charge in [-0.05, 0) is 86.7 Å². The molecule has 9 nitrogen and oxygen atoms in total.